The van der Waals surface area contributed by atoms with Crippen molar-refractivity contribution in [1.29, 1.82) is 0 Å². The van der Waals surface area contributed by atoms with E-state index in [0.29, 0.717) is 59.9 Å². The lowest BCUT2D eigenvalue weighted by Gasteiger charge is -2.30. The van der Waals surface area contributed by atoms with Crippen LogP contribution in [-0.2, 0) is 27.1 Å². The van der Waals surface area contributed by atoms with Crippen molar-refractivity contribution < 1.29 is 22.6 Å². The fraction of sp³-hybridized carbons (Fsp3) is 0.519. The van der Waals surface area contributed by atoms with Gasteiger partial charge in [-0.15, -0.1) is 0 Å². The Hall–Kier alpha value is -2.27. The van der Waals surface area contributed by atoms with Crippen molar-refractivity contribution in [3.63, 3.8) is 0 Å². The van der Waals surface area contributed by atoms with E-state index >= 15 is 0 Å². The molecule has 3 aromatic rings. The maximum atomic E-state index is 13.4. The van der Waals surface area contributed by atoms with Crippen LogP contribution in [0.2, 0.25) is 0 Å². The molecule has 0 amide bonds. The molecular weight excluding hydrogens is 510 g/mol. The third-order valence-electron chi connectivity index (χ3n) is 6.66. The van der Waals surface area contributed by atoms with Gasteiger partial charge in [-0.2, -0.15) is 4.31 Å². The number of piperidine rings is 1. The Kier molecular flexibility index (Phi) is 9.39. The van der Waals surface area contributed by atoms with Gasteiger partial charge < -0.3 is 18.8 Å². The minimum Gasteiger partial charge on any atom is -0.493 e. The lowest BCUT2D eigenvalue weighted by atomic mass is 10.0. The van der Waals surface area contributed by atoms with Gasteiger partial charge in [-0.25, -0.2) is 13.4 Å². The van der Waals surface area contributed by atoms with Gasteiger partial charge in [0, 0.05) is 44.2 Å². The van der Waals surface area contributed by atoms with Gasteiger partial charge >= 0.3 is 0 Å². The van der Waals surface area contributed by atoms with E-state index in [1.54, 1.807) is 42.4 Å². The highest BCUT2D eigenvalue weighted by Gasteiger charge is 2.29. The zero-order chi connectivity index (χ0) is 26.4. The Balaban J connectivity index is 1.65. The molecule has 4 rings (SSSR count). The van der Waals surface area contributed by atoms with E-state index in [0.717, 1.165) is 42.0 Å². The van der Waals surface area contributed by atoms with Crippen LogP contribution in [0.25, 0.3) is 11.0 Å². The molecule has 0 spiro atoms. The van der Waals surface area contributed by atoms with Gasteiger partial charge in [0.2, 0.25) is 10.0 Å². The van der Waals surface area contributed by atoms with Crippen LogP contribution >= 0.6 is 11.8 Å². The zero-order valence-electron chi connectivity index (χ0n) is 22.1. The molecule has 0 aliphatic carbocycles. The summed E-state index contributed by atoms with van der Waals surface area (Å²) in [4.78, 5) is 5.19. The average Bonchev–Trinajstić information content (AvgIpc) is 3.26. The molecule has 1 aliphatic rings. The van der Waals surface area contributed by atoms with Crippen LogP contribution in [0, 0.1) is 5.92 Å². The van der Waals surface area contributed by atoms with E-state index < -0.39 is 10.0 Å². The number of aryl methyl sites for hydroxylation is 1. The number of para-hydroxylation sites is 1. The molecule has 37 heavy (non-hydrogen) atoms. The Morgan fingerprint density at radius 2 is 2.00 bits per heavy atom. The summed E-state index contributed by atoms with van der Waals surface area (Å²) in [6.45, 7) is 7.29. The summed E-state index contributed by atoms with van der Waals surface area (Å²) >= 11 is 1.60. The molecule has 1 aromatic heterocycles. The predicted molar refractivity (Wildman–Crippen MR) is 147 cm³/mol. The first-order valence-electron chi connectivity index (χ1n) is 12.8. The molecular formula is C27H37N3O5S2. The monoisotopic (exact) mass is 547 g/mol. The summed E-state index contributed by atoms with van der Waals surface area (Å²) in [5.41, 5.74) is 2.60. The molecule has 0 bridgehead atoms. The van der Waals surface area contributed by atoms with Crippen LogP contribution in [-0.4, -0.2) is 62.8 Å². The molecule has 0 unspecified atom stereocenters. The van der Waals surface area contributed by atoms with Crippen LogP contribution in [0.5, 0.6) is 11.5 Å². The summed E-state index contributed by atoms with van der Waals surface area (Å²) in [6, 6.07) is 11.2. The molecule has 1 fully saturated rings. The maximum absolute atomic E-state index is 13.4. The van der Waals surface area contributed by atoms with E-state index in [9.17, 15) is 8.42 Å². The van der Waals surface area contributed by atoms with Crippen LogP contribution in [0.15, 0.2) is 46.5 Å². The maximum Gasteiger partial charge on any atom is 0.243 e. The number of aromatic nitrogens is 2. The highest BCUT2D eigenvalue weighted by Crippen LogP contribution is 2.36. The Morgan fingerprint density at radius 1 is 1.16 bits per heavy atom. The fourth-order valence-electron chi connectivity index (χ4n) is 4.77. The number of thioether (sulfide) groups is 1. The number of methoxy groups -OCH3 is 2. The third kappa shape index (κ3) is 6.25. The molecule has 10 heteroatoms. The van der Waals surface area contributed by atoms with Crippen molar-refractivity contribution in [2.75, 3.05) is 40.5 Å². The van der Waals surface area contributed by atoms with E-state index in [-0.39, 0.29) is 0 Å². The zero-order valence-corrected chi connectivity index (χ0v) is 23.7. The van der Waals surface area contributed by atoms with Gasteiger partial charge in [0.05, 0.1) is 30.1 Å². The summed E-state index contributed by atoms with van der Waals surface area (Å²) in [5, 5.41) is 0.831. The first-order valence-corrected chi connectivity index (χ1v) is 15.2. The largest absolute Gasteiger partial charge is 0.493 e. The van der Waals surface area contributed by atoms with Crippen molar-refractivity contribution in [3.05, 3.63) is 42.0 Å². The quantitative estimate of drug-likeness (QED) is 0.228. The third-order valence-corrected chi connectivity index (χ3v) is 9.54. The highest BCUT2D eigenvalue weighted by atomic mass is 32.2. The molecule has 0 saturated carbocycles. The summed E-state index contributed by atoms with van der Waals surface area (Å²) < 4.78 is 47.2. The van der Waals surface area contributed by atoms with E-state index in [4.69, 9.17) is 19.2 Å². The number of sulfonamides is 1. The number of hydrogen-bond donors (Lipinski definition) is 0. The smallest absolute Gasteiger partial charge is 0.243 e. The Labute approximate surface area is 224 Å². The highest BCUT2D eigenvalue weighted by molar-refractivity contribution is 7.98. The number of nitrogens with zero attached hydrogens (tertiary/aromatic N) is 3. The van der Waals surface area contributed by atoms with E-state index in [2.05, 4.69) is 11.5 Å². The van der Waals surface area contributed by atoms with Crippen molar-refractivity contribution in [3.8, 4) is 11.5 Å². The van der Waals surface area contributed by atoms with E-state index in [1.165, 1.54) is 0 Å². The van der Waals surface area contributed by atoms with Crippen molar-refractivity contribution in [2.24, 2.45) is 5.92 Å². The van der Waals surface area contributed by atoms with Gasteiger partial charge in [-0.3, -0.25) is 0 Å². The molecule has 0 N–H and O–H groups in total. The summed E-state index contributed by atoms with van der Waals surface area (Å²) in [7, 11) is -0.293. The average molecular weight is 548 g/mol. The minimum absolute atomic E-state index is 0.305. The molecule has 0 radical (unpaired) electrons. The second kappa shape index (κ2) is 12.5. The molecule has 1 aliphatic heterocycles. The normalized spacial score (nSPS) is 16.8. The van der Waals surface area contributed by atoms with Crippen LogP contribution < -0.4 is 9.47 Å². The second-order valence-electron chi connectivity index (χ2n) is 9.30. The van der Waals surface area contributed by atoms with Crippen LogP contribution in [0.4, 0.5) is 0 Å². The number of ether oxygens (including phenoxy) is 3. The Morgan fingerprint density at radius 3 is 2.73 bits per heavy atom. The molecule has 202 valence electrons. The SMILES string of the molecule is CCOCCCn1c(SCc2cccc(OC)c2OC)nc2cc(S(=O)(=O)N3CCC[C@@H](C)C3)ccc21. The van der Waals surface area contributed by atoms with Crippen molar-refractivity contribution in [1.82, 2.24) is 13.9 Å². The fourth-order valence-corrected chi connectivity index (χ4v) is 7.41. The molecule has 2 heterocycles. The van der Waals surface area contributed by atoms with Gasteiger partial charge in [-0.05, 0) is 56.4 Å². The Bertz CT molecular complexity index is 1310. The van der Waals surface area contributed by atoms with Crippen LogP contribution in [0.3, 0.4) is 0 Å². The van der Waals surface area contributed by atoms with E-state index in [1.807, 2.05) is 31.2 Å². The van der Waals surface area contributed by atoms with Gasteiger partial charge in [0.15, 0.2) is 16.7 Å². The number of hydrogen-bond acceptors (Lipinski definition) is 7. The van der Waals surface area contributed by atoms with Crippen molar-refractivity contribution in [2.45, 2.75) is 55.5 Å². The lowest BCUT2D eigenvalue weighted by molar-refractivity contribution is 0.141. The standard InChI is InChI=1S/C27H37N3O5S2/c1-5-35-16-8-15-30-24-13-12-22(37(31,32)29-14-7-9-20(2)18-29)17-23(24)28-27(30)36-19-21-10-6-11-25(33-3)26(21)34-4/h6,10-13,17,20H,5,7-9,14-16,18-19H2,1-4H3/t20-/m1/s1. The van der Waals surface area contributed by atoms with Crippen LogP contribution in [0.1, 0.15) is 38.7 Å². The summed E-state index contributed by atoms with van der Waals surface area (Å²) in [6.07, 6.45) is 2.79. The topological polar surface area (TPSA) is 82.9 Å². The van der Waals surface area contributed by atoms with Gasteiger partial charge in [-0.1, -0.05) is 30.8 Å². The lowest BCUT2D eigenvalue weighted by Crippen LogP contribution is -2.39. The summed E-state index contributed by atoms with van der Waals surface area (Å²) in [5.74, 6) is 2.40. The molecule has 1 atom stereocenters. The number of fused-ring (bicyclic) bond motifs is 1. The predicted octanol–water partition coefficient (Wildman–Crippen LogP) is 5.19. The van der Waals surface area contributed by atoms with Crippen molar-refractivity contribution >= 4 is 32.8 Å². The molecule has 8 nitrogen and oxygen atoms in total. The number of imidazole rings is 1. The number of rotatable bonds is 12. The molecule has 2 aromatic carbocycles. The first-order chi connectivity index (χ1) is 17.9. The van der Waals surface area contributed by atoms with Gasteiger partial charge in [0.1, 0.15) is 0 Å². The molecule has 1 saturated heterocycles. The number of benzene rings is 2. The second-order valence-corrected chi connectivity index (χ2v) is 12.2. The minimum atomic E-state index is -3.56. The first kappa shape index (κ1) is 27.8. The van der Waals surface area contributed by atoms with Gasteiger partial charge in [0.25, 0.3) is 0 Å².